The van der Waals surface area contributed by atoms with E-state index in [1.165, 1.54) is 11.1 Å². The fourth-order valence-electron chi connectivity index (χ4n) is 4.50. The molecule has 33 heavy (non-hydrogen) atoms. The molecule has 0 radical (unpaired) electrons. The number of aryl methyl sites for hydroxylation is 2. The largest absolute Gasteiger partial charge is 0.373 e. The number of amides is 2. The molecule has 1 N–H and O–H groups in total. The monoisotopic (exact) mass is 467 g/mol. The molecular weight excluding hydrogens is 434 g/mol. The second kappa shape index (κ2) is 10.3. The number of ether oxygens (including phenoxy) is 1. The third-order valence-corrected chi connectivity index (χ3v) is 7.33. The number of benzene rings is 2. The summed E-state index contributed by atoms with van der Waals surface area (Å²) >= 11 is 1.61. The molecule has 2 aromatic carbocycles. The van der Waals surface area contributed by atoms with Crippen LogP contribution in [0.3, 0.4) is 0 Å². The summed E-state index contributed by atoms with van der Waals surface area (Å²) < 4.78 is 5.81. The minimum absolute atomic E-state index is 0.0968. The van der Waals surface area contributed by atoms with E-state index in [4.69, 9.17) is 4.74 Å². The van der Waals surface area contributed by atoms with Gasteiger partial charge < -0.3 is 15.0 Å². The summed E-state index contributed by atoms with van der Waals surface area (Å²) in [6.07, 6.45) is 0.461. The molecule has 0 aromatic heterocycles. The molecule has 0 aliphatic carbocycles. The van der Waals surface area contributed by atoms with E-state index >= 15 is 0 Å². The number of hydrogen-bond acceptors (Lipinski definition) is 5. The molecule has 2 heterocycles. The Morgan fingerprint density at radius 2 is 1.73 bits per heavy atom. The minimum Gasteiger partial charge on any atom is -0.373 e. The highest BCUT2D eigenvalue weighted by atomic mass is 32.2. The third-order valence-electron chi connectivity index (χ3n) is 6.32. The number of morpholine rings is 1. The van der Waals surface area contributed by atoms with Gasteiger partial charge in [-0.15, -0.1) is 11.8 Å². The zero-order valence-corrected chi connectivity index (χ0v) is 20.7. The fraction of sp³-hybridized carbons (Fsp3) is 0.462. The van der Waals surface area contributed by atoms with Gasteiger partial charge in [-0.05, 0) is 68.7 Å². The minimum atomic E-state index is -0.472. The first kappa shape index (κ1) is 23.8. The molecule has 2 saturated heterocycles. The van der Waals surface area contributed by atoms with E-state index in [0.29, 0.717) is 17.2 Å². The Labute approximate surface area is 200 Å². The van der Waals surface area contributed by atoms with E-state index in [1.54, 1.807) is 16.7 Å². The summed E-state index contributed by atoms with van der Waals surface area (Å²) in [5.74, 6) is 0.896. The van der Waals surface area contributed by atoms with Crippen LogP contribution in [0.15, 0.2) is 42.5 Å². The second-order valence-corrected chi connectivity index (χ2v) is 10.2. The van der Waals surface area contributed by atoms with Crippen molar-refractivity contribution >= 4 is 29.3 Å². The summed E-state index contributed by atoms with van der Waals surface area (Å²) in [6, 6.07) is 13.2. The average molecular weight is 468 g/mol. The first-order valence-corrected chi connectivity index (χ1v) is 12.7. The highest BCUT2D eigenvalue weighted by molar-refractivity contribution is 7.99. The summed E-state index contributed by atoms with van der Waals surface area (Å²) in [5.41, 5.74) is 4.87. The van der Waals surface area contributed by atoms with Gasteiger partial charge in [-0.25, -0.2) is 0 Å². The van der Waals surface area contributed by atoms with Gasteiger partial charge in [0.1, 0.15) is 6.04 Å². The fourth-order valence-corrected chi connectivity index (χ4v) is 5.65. The topological polar surface area (TPSA) is 61.9 Å². The summed E-state index contributed by atoms with van der Waals surface area (Å²) in [7, 11) is 0. The number of thioether (sulfide) groups is 1. The van der Waals surface area contributed by atoms with Gasteiger partial charge in [0.15, 0.2) is 0 Å². The maximum Gasteiger partial charge on any atom is 0.255 e. The quantitative estimate of drug-likeness (QED) is 0.718. The Kier molecular flexibility index (Phi) is 7.41. The molecule has 2 aromatic rings. The van der Waals surface area contributed by atoms with Gasteiger partial charge in [0.05, 0.1) is 18.1 Å². The molecule has 7 heteroatoms. The van der Waals surface area contributed by atoms with Crippen LogP contribution in [0.4, 0.5) is 5.69 Å². The van der Waals surface area contributed by atoms with Crippen LogP contribution >= 0.6 is 11.8 Å². The Morgan fingerprint density at radius 1 is 1.03 bits per heavy atom. The molecule has 176 valence electrons. The van der Waals surface area contributed by atoms with Crippen LogP contribution in [-0.4, -0.2) is 64.6 Å². The van der Waals surface area contributed by atoms with Crippen molar-refractivity contribution in [3.63, 3.8) is 0 Å². The van der Waals surface area contributed by atoms with E-state index < -0.39 is 6.04 Å². The van der Waals surface area contributed by atoms with E-state index in [1.807, 2.05) is 56.3 Å². The number of nitrogens with zero attached hydrogens (tertiary/aromatic N) is 2. The van der Waals surface area contributed by atoms with Gasteiger partial charge in [-0.3, -0.25) is 14.5 Å². The number of rotatable bonds is 5. The van der Waals surface area contributed by atoms with E-state index in [-0.39, 0.29) is 24.0 Å². The predicted octanol–water partition coefficient (Wildman–Crippen LogP) is 4.07. The first-order valence-electron chi connectivity index (χ1n) is 11.5. The van der Waals surface area contributed by atoms with Gasteiger partial charge >= 0.3 is 0 Å². The zero-order chi connectivity index (χ0) is 23.5. The van der Waals surface area contributed by atoms with Crippen molar-refractivity contribution in [2.24, 2.45) is 0 Å². The number of nitrogens with one attached hydrogen (secondary N) is 1. The first-order chi connectivity index (χ1) is 15.8. The summed E-state index contributed by atoms with van der Waals surface area (Å²) in [5, 5.41) is 2.99. The molecule has 3 unspecified atom stereocenters. The average Bonchev–Trinajstić information content (AvgIpc) is 3.26. The van der Waals surface area contributed by atoms with Crippen molar-refractivity contribution < 1.29 is 14.3 Å². The van der Waals surface area contributed by atoms with Crippen molar-refractivity contribution in [2.45, 2.75) is 52.5 Å². The molecule has 0 spiro atoms. The Bertz CT molecular complexity index is 1000. The number of hydrogen-bond donors (Lipinski definition) is 1. The number of carbonyl (C=O) groups excluding carboxylic acids is 2. The molecule has 2 fully saturated rings. The molecular formula is C26H33N3O3S. The van der Waals surface area contributed by atoms with E-state index in [9.17, 15) is 9.59 Å². The van der Waals surface area contributed by atoms with Crippen LogP contribution in [0.1, 0.15) is 40.9 Å². The smallest absolute Gasteiger partial charge is 0.255 e. The lowest BCUT2D eigenvalue weighted by Gasteiger charge is -2.35. The summed E-state index contributed by atoms with van der Waals surface area (Å²) in [4.78, 5) is 30.2. The Balaban J connectivity index is 1.39. The summed E-state index contributed by atoms with van der Waals surface area (Å²) in [6.45, 7) is 10.9. The molecule has 6 nitrogen and oxygen atoms in total. The van der Waals surface area contributed by atoms with Crippen LogP contribution in [0.2, 0.25) is 0 Å². The van der Waals surface area contributed by atoms with Gasteiger partial charge in [-0.1, -0.05) is 18.2 Å². The predicted molar refractivity (Wildman–Crippen MR) is 134 cm³/mol. The Morgan fingerprint density at radius 3 is 2.39 bits per heavy atom. The van der Waals surface area contributed by atoms with Crippen LogP contribution < -0.4 is 5.32 Å². The Hall–Kier alpha value is -2.35. The lowest BCUT2D eigenvalue weighted by atomic mass is 10.1. The standard InChI is InChI=1S/C26H33N3O3S/c1-17-5-10-23(11-18(17)2)27-25(30)24-15-33-16-29(24)26(31)22-8-6-21(7-9-22)14-28-12-19(3)32-20(4)13-28/h5-11,19-20,24H,12-16H2,1-4H3,(H,27,30). The lowest BCUT2D eigenvalue weighted by molar-refractivity contribution is -0.119. The molecule has 2 amide bonds. The van der Waals surface area contributed by atoms with Crippen LogP contribution in [0, 0.1) is 13.8 Å². The van der Waals surface area contributed by atoms with Gasteiger partial charge in [0.2, 0.25) is 5.91 Å². The van der Waals surface area contributed by atoms with Crippen molar-refractivity contribution in [3.05, 3.63) is 64.7 Å². The van der Waals surface area contributed by atoms with Crippen LogP contribution in [0.5, 0.6) is 0 Å². The highest BCUT2D eigenvalue weighted by Gasteiger charge is 2.35. The van der Waals surface area contributed by atoms with Gasteiger partial charge in [0, 0.05) is 36.6 Å². The third kappa shape index (κ3) is 5.78. The van der Waals surface area contributed by atoms with Crippen LogP contribution in [-0.2, 0) is 16.1 Å². The van der Waals surface area contributed by atoms with Gasteiger partial charge in [-0.2, -0.15) is 0 Å². The van der Waals surface area contributed by atoms with E-state index in [2.05, 4.69) is 24.1 Å². The lowest BCUT2D eigenvalue weighted by Crippen LogP contribution is -2.45. The highest BCUT2D eigenvalue weighted by Crippen LogP contribution is 2.25. The van der Waals surface area contributed by atoms with Crippen molar-refractivity contribution in [3.8, 4) is 0 Å². The molecule has 2 aliphatic heterocycles. The molecule has 4 rings (SSSR count). The SMILES string of the molecule is Cc1ccc(NC(=O)C2CSCN2C(=O)c2ccc(CN3CC(C)OC(C)C3)cc2)cc1C. The van der Waals surface area contributed by atoms with Crippen LogP contribution in [0.25, 0.3) is 0 Å². The van der Waals surface area contributed by atoms with E-state index in [0.717, 1.165) is 30.9 Å². The number of carbonyl (C=O) groups is 2. The molecule has 0 saturated carbocycles. The van der Waals surface area contributed by atoms with Gasteiger partial charge in [0.25, 0.3) is 5.91 Å². The molecule has 0 bridgehead atoms. The maximum atomic E-state index is 13.2. The second-order valence-electron chi connectivity index (χ2n) is 9.23. The van der Waals surface area contributed by atoms with Crippen molar-refractivity contribution in [1.29, 1.82) is 0 Å². The van der Waals surface area contributed by atoms with Crippen molar-refractivity contribution in [1.82, 2.24) is 9.80 Å². The number of anilines is 1. The zero-order valence-electron chi connectivity index (χ0n) is 19.8. The van der Waals surface area contributed by atoms with Crippen molar-refractivity contribution in [2.75, 3.05) is 30.0 Å². The normalized spacial score (nSPS) is 23.5. The maximum absolute atomic E-state index is 13.2. The molecule has 3 atom stereocenters. The molecule has 2 aliphatic rings.